The number of carbonyl (C=O) groups is 1. The lowest BCUT2D eigenvalue weighted by Gasteiger charge is -2.15. The minimum Gasteiger partial charge on any atom is -0.355 e. The predicted molar refractivity (Wildman–Crippen MR) is 78.7 cm³/mol. The maximum Gasteiger partial charge on any atom is 0.224 e. The zero-order valence-corrected chi connectivity index (χ0v) is 11.8. The van der Waals surface area contributed by atoms with Gasteiger partial charge in [0.1, 0.15) is 0 Å². The summed E-state index contributed by atoms with van der Waals surface area (Å²) < 4.78 is 0. The number of aryl methyl sites for hydroxylation is 1. The highest BCUT2D eigenvalue weighted by Crippen LogP contribution is 2.32. The van der Waals surface area contributed by atoms with Gasteiger partial charge in [-0.1, -0.05) is 24.3 Å². The highest BCUT2D eigenvalue weighted by molar-refractivity contribution is 5.85. The highest BCUT2D eigenvalue weighted by atomic mass is 35.5. The third-order valence-electron chi connectivity index (χ3n) is 4.21. The van der Waals surface area contributed by atoms with E-state index < -0.39 is 0 Å². The van der Waals surface area contributed by atoms with Crippen LogP contribution in [0.5, 0.6) is 0 Å². The van der Waals surface area contributed by atoms with E-state index in [1.807, 2.05) is 0 Å². The van der Waals surface area contributed by atoms with Gasteiger partial charge in [0.05, 0.1) is 5.92 Å². The van der Waals surface area contributed by atoms with E-state index in [4.69, 9.17) is 0 Å². The summed E-state index contributed by atoms with van der Waals surface area (Å²) >= 11 is 0. The molecule has 1 amide bonds. The number of rotatable bonds is 3. The van der Waals surface area contributed by atoms with Gasteiger partial charge in [-0.15, -0.1) is 12.4 Å². The van der Waals surface area contributed by atoms with Crippen LogP contribution < -0.4 is 10.6 Å². The van der Waals surface area contributed by atoms with Crippen LogP contribution in [0.2, 0.25) is 0 Å². The third kappa shape index (κ3) is 3.10. The Morgan fingerprint density at radius 1 is 1.32 bits per heavy atom. The molecule has 19 heavy (non-hydrogen) atoms. The average Bonchev–Trinajstić information content (AvgIpc) is 3.06. The van der Waals surface area contributed by atoms with Crippen molar-refractivity contribution in [3.63, 3.8) is 0 Å². The fourth-order valence-electron chi connectivity index (χ4n) is 3.10. The van der Waals surface area contributed by atoms with Gasteiger partial charge in [-0.05, 0) is 36.9 Å². The van der Waals surface area contributed by atoms with E-state index in [0.29, 0.717) is 5.92 Å². The standard InChI is InChI=1S/C15H20N2O.ClH/c18-15(13-7-8-16-9-13)17-10-12-6-5-11-3-1-2-4-14(11)12;/h1-4,12-13,16H,5-10H2,(H,17,18);1H. The average molecular weight is 281 g/mol. The van der Waals surface area contributed by atoms with Crippen molar-refractivity contribution in [2.24, 2.45) is 5.92 Å². The van der Waals surface area contributed by atoms with Gasteiger partial charge in [0.2, 0.25) is 5.91 Å². The first-order valence-electron chi connectivity index (χ1n) is 6.91. The molecular weight excluding hydrogens is 260 g/mol. The van der Waals surface area contributed by atoms with Gasteiger partial charge < -0.3 is 10.6 Å². The first-order chi connectivity index (χ1) is 8.84. The lowest BCUT2D eigenvalue weighted by Crippen LogP contribution is -2.34. The molecule has 1 aliphatic carbocycles. The lowest BCUT2D eigenvalue weighted by molar-refractivity contribution is -0.124. The smallest absolute Gasteiger partial charge is 0.224 e. The van der Waals surface area contributed by atoms with Gasteiger partial charge in [0, 0.05) is 19.0 Å². The Hall–Kier alpha value is -1.06. The molecule has 0 aromatic heterocycles. The molecule has 1 saturated heterocycles. The summed E-state index contributed by atoms with van der Waals surface area (Å²) in [7, 11) is 0. The molecule has 0 saturated carbocycles. The van der Waals surface area contributed by atoms with Gasteiger partial charge >= 0.3 is 0 Å². The molecule has 2 aliphatic rings. The predicted octanol–water partition coefficient (Wildman–Crippen LogP) is 1.86. The SMILES string of the molecule is Cl.O=C(NCC1CCc2ccccc21)C1CCNC1. The van der Waals surface area contributed by atoms with Crippen molar-refractivity contribution in [1.29, 1.82) is 0 Å². The van der Waals surface area contributed by atoms with Crippen LogP contribution in [0.3, 0.4) is 0 Å². The molecule has 0 spiro atoms. The van der Waals surface area contributed by atoms with E-state index in [1.54, 1.807) is 0 Å². The van der Waals surface area contributed by atoms with Crippen LogP contribution >= 0.6 is 12.4 Å². The Kier molecular flexibility index (Phi) is 4.83. The number of hydrogen-bond acceptors (Lipinski definition) is 2. The summed E-state index contributed by atoms with van der Waals surface area (Å²) in [5, 5.41) is 6.36. The zero-order valence-electron chi connectivity index (χ0n) is 11.0. The summed E-state index contributed by atoms with van der Waals surface area (Å²) in [6.45, 7) is 2.61. The molecule has 2 unspecified atom stereocenters. The molecule has 3 rings (SSSR count). The largest absolute Gasteiger partial charge is 0.355 e. The molecule has 1 fully saturated rings. The monoisotopic (exact) mass is 280 g/mol. The second-order valence-corrected chi connectivity index (χ2v) is 5.37. The Labute approximate surface area is 120 Å². The van der Waals surface area contributed by atoms with E-state index in [-0.39, 0.29) is 24.2 Å². The van der Waals surface area contributed by atoms with Crippen LogP contribution in [0.15, 0.2) is 24.3 Å². The summed E-state index contributed by atoms with van der Waals surface area (Å²) in [6, 6.07) is 8.61. The number of benzene rings is 1. The zero-order chi connectivity index (χ0) is 12.4. The maximum atomic E-state index is 12.0. The second kappa shape index (κ2) is 6.40. The summed E-state index contributed by atoms with van der Waals surface area (Å²) in [4.78, 5) is 12.0. The minimum absolute atomic E-state index is 0. The second-order valence-electron chi connectivity index (χ2n) is 5.37. The van der Waals surface area contributed by atoms with Crippen molar-refractivity contribution in [2.75, 3.05) is 19.6 Å². The maximum absolute atomic E-state index is 12.0. The number of amides is 1. The molecule has 1 aromatic carbocycles. The number of fused-ring (bicyclic) bond motifs is 1. The fraction of sp³-hybridized carbons (Fsp3) is 0.533. The Morgan fingerprint density at radius 3 is 2.95 bits per heavy atom. The quantitative estimate of drug-likeness (QED) is 0.887. The molecule has 2 N–H and O–H groups in total. The van der Waals surface area contributed by atoms with E-state index >= 15 is 0 Å². The van der Waals surface area contributed by atoms with Crippen LogP contribution in [0.25, 0.3) is 0 Å². The van der Waals surface area contributed by atoms with Crippen LogP contribution in [-0.2, 0) is 11.2 Å². The number of carbonyl (C=O) groups excluding carboxylic acids is 1. The van der Waals surface area contributed by atoms with Gasteiger partial charge in [0.15, 0.2) is 0 Å². The van der Waals surface area contributed by atoms with E-state index in [9.17, 15) is 4.79 Å². The van der Waals surface area contributed by atoms with E-state index in [1.165, 1.54) is 17.5 Å². The van der Waals surface area contributed by atoms with Crippen molar-refractivity contribution in [3.8, 4) is 0 Å². The molecule has 1 aliphatic heterocycles. The minimum atomic E-state index is 0. The Morgan fingerprint density at radius 2 is 2.16 bits per heavy atom. The first kappa shape index (κ1) is 14.4. The molecule has 0 bridgehead atoms. The summed E-state index contributed by atoms with van der Waals surface area (Å²) in [5.41, 5.74) is 2.89. The van der Waals surface area contributed by atoms with Crippen LogP contribution in [0.1, 0.15) is 29.9 Å². The molecular formula is C15H21ClN2O. The highest BCUT2D eigenvalue weighted by Gasteiger charge is 2.25. The van der Waals surface area contributed by atoms with E-state index in [2.05, 4.69) is 34.9 Å². The van der Waals surface area contributed by atoms with E-state index in [0.717, 1.165) is 32.5 Å². The normalized spacial score (nSPS) is 24.6. The van der Waals surface area contributed by atoms with Crippen molar-refractivity contribution in [1.82, 2.24) is 10.6 Å². The molecule has 2 atom stereocenters. The fourth-order valence-corrected chi connectivity index (χ4v) is 3.10. The summed E-state index contributed by atoms with van der Waals surface area (Å²) in [6.07, 6.45) is 3.30. The lowest BCUT2D eigenvalue weighted by atomic mass is 10.0. The molecule has 1 heterocycles. The number of hydrogen-bond donors (Lipinski definition) is 2. The van der Waals surface area contributed by atoms with Gasteiger partial charge in [-0.2, -0.15) is 0 Å². The van der Waals surface area contributed by atoms with Crippen molar-refractivity contribution in [3.05, 3.63) is 35.4 Å². The van der Waals surface area contributed by atoms with Crippen molar-refractivity contribution < 1.29 is 4.79 Å². The molecule has 1 aromatic rings. The third-order valence-corrected chi connectivity index (χ3v) is 4.21. The molecule has 3 nitrogen and oxygen atoms in total. The first-order valence-corrected chi connectivity index (χ1v) is 6.91. The van der Waals surface area contributed by atoms with Crippen LogP contribution in [0.4, 0.5) is 0 Å². The summed E-state index contributed by atoms with van der Waals surface area (Å²) in [5.74, 6) is 0.922. The van der Waals surface area contributed by atoms with Crippen LogP contribution in [-0.4, -0.2) is 25.5 Å². The Bertz CT molecular complexity index is 444. The number of nitrogens with one attached hydrogen (secondary N) is 2. The molecule has 0 radical (unpaired) electrons. The molecule has 104 valence electrons. The van der Waals surface area contributed by atoms with Gasteiger partial charge in [-0.25, -0.2) is 0 Å². The van der Waals surface area contributed by atoms with Crippen LogP contribution in [0, 0.1) is 5.92 Å². The van der Waals surface area contributed by atoms with Gasteiger partial charge in [0.25, 0.3) is 0 Å². The Balaban J connectivity index is 0.00000133. The number of halogens is 1. The van der Waals surface area contributed by atoms with Gasteiger partial charge in [-0.3, -0.25) is 4.79 Å². The van der Waals surface area contributed by atoms with Crippen molar-refractivity contribution >= 4 is 18.3 Å². The molecule has 4 heteroatoms. The topological polar surface area (TPSA) is 41.1 Å². The van der Waals surface area contributed by atoms with Crippen molar-refractivity contribution in [2.45, 2.75) is 25.2 Å².